The molecule has 1 aliphatic heterocycles. The highest BCUT2D eigenvalue weighted by molar-refractivity contribution is 5.98. The number of amides is 1. The van der Waals surface area contributed by atoms with Crippen LogP contribution in [0.3, 0.4) is 0 Å². The summed E-state index contributed by atoms with van der Waals surface area (Å²) in [6.07, 6.45) is 3.75. The van der Waals surface area contributed by atoms with E-state index in [1.54, 1.807) is 0 Å². The number of aromatic nitrogens is 1. The lowest BCUT2D eigenvalue weighted by Crippen LogP contribution is -2.57. The van der Waals surface area contributed by atoms with Crippen LogP contribution in [0.4, 0.5) is 5.69 Å². The van der Waals surface area contributed by atoms with Gasteiger partial charge < -0.3 is 15.1 Å². The Kier molecular flexibility index (Phi) is 4.74. The van der Waals surface area contributed by atoms with Gasteiger partial charge in [-0.2, -0.15) is 0 Å². The summed E-state index contributed by atoms with van der Waals surface area (Å²) in [7, 11) is 4.24. The minimum atomic E-state index is -0.293. The molecule has 1 saturated heterocycles. The Labute approximate surface area is 184 Å². The van der Waals surface area contributed by atoms with Gasteiger partial charge in [0.25, 0.3) is 5.91 Å². The highest BCUT2D eigenvalue weighted by atomic mass is 16.1. The fourth-order valence-corrected chi connectivity index (χ4v) is 4.79. The van der Waals surface area contributed by atoms with Gasteiger partial charge in [0.15, 0.2) is 0 Å². The van der Waals surface area contributed by atoms with E-state index in [-0.39, 0.29) is 11.4 Å². The van der Waals surface area contributed by atoms with Gasteiger partial charge in [-0.05, 0) is 81.7 Å². The molecule has 31 heavy (non-hydrogen) atoms. The molecule has 1 amide bonds. The van der Waals surface area contributed by atoms with E-state index < -0.39 is 0 Å². The number of likely N-dealkylation sites (N-methyl/N-ethyl adjacent to an activating group) is 1. The lowest BCUT2D eigenvalue weighted by Gasteiger charge is -2.44. The van der Waals surface area contributed by atoms with Gasteiger partial charge in [-0.1, -0.05) is 18.2 Å². The number of benzene rings is 2. The number of aryl methyl sites for hydroxylation is 2. The van der Waals surface area contributed by atoms with E-state index in [1.165, 1.54) is 11.1 Å². The standard InChI is InChI=1S/C26H30N4O/c1-17-7-9-19(30-15-20(16-30)29(3)4)14-22(17)25(31)28-26(11-12-26)24-18(2)8-10-23-21(24)6-5-13-27-23/h5-10,13-14,20H,11-12,15-16H2,1-4H3,(H,28,31). The third-order valence-electron chi connectivity index (χ3n) is 7.00. The van der Waals surface area contributed by atoms with E-state index in [9.17, 15) is 4.79 Å². The number of nitrogens with one attached hydrogen (secondary N) is 1. The fraction of sp³-hybridized carbons (Fsp3) is 0.385. The number of carbonyl (C=O) groups excluding carboxylic acids is 1. The van der Waals surface area contributed by atoms with Crippen molar-refractivity contribution in [2.24, 2.45) is 0 Å². The number of carbonyl (C=O) groups is 1. The van der Waals surface area contributed by atoms with Crippen molar-refractivity contribution in [3.05, 3.63) is 70.9 Å². The number of hydrogen-bond acceptors (Lipinski definition) is 4. The zero-order chi connectivity index (χ0) is 21.8. The zero-order valence-corrected chi connectivity index (χ0v) is 18.8. The summed E-state index contributed by atoms with van der Waals surface area (Å²) in [6.45, 7) is 6.15. The first kappa shape index (κ1) is 20.0. The molecule has 3 aromatic rings. The van der Waals surface area contributed by atoms with Crippen LogP contribution in [0, 0.1) is 13.8 Å². The number of fused-ring (bicyclic) bond motifs is 1. The molecule has 5 rings (SSSR count). The van der Waals surface area contributed by atoms with E-state index in [0.29, 0.717) is 6.04 Å². The van der Waals surface area contributed by atoms with Crippen LogP contribution in [0.5, 0.6) is 0 Å². The monoisotopic (exact) mass is 414 g/mol. The summed E-state index contributed by atoms with van der Waals surface area (Å²) >= 11 is 0. The van der Waals surface area contributed by atoms with Gasteiger partial charge in [0, 0.05) is 42.0 Å². The highest BCUT2D eigenvalue weighted by Gasteiger charge is 2.47. The molecule has 2 aromatic carbocycles. The number of anilines is 1. The molecule has 2 aliphatic rings. The summed E-state index contributed by atoms with van der Waals surface area (Å²) in [6, 6.07) is 15.1. The van der Waals surface area contributed by atoms with Crippen molar-refractivity contribution in [3.63, 3.8) is 0 Å². The van der Waals surface area contributed by atoms with Crippen LogP contribution >= 0.6 is 0 Å². The maximum Gasteiger partial charge on any atom is 0.252 e. The molecule has 0 unspecified atom stereocenters. The molecule has 0 radical (unpaired) electrons. The first-order valence-electron chi connectivity index (χ1n) is 11.1. The van der Waals surface area contributed by atoms with E-state index in [2.05, 4.69) is 77.5 Å². The van der Waals surface area contributed by atoms with Crippen molar-refractivity contribution in [3.8, 4) is 0 Å². The van der Waals surface area contributed by atoms with Crippen LogP contribution in [0.2, 0.25) is 0 Å². The topological polar surface area (TPSA) is 48.5 Å². The molecule has 1 N–H and O–H groups in total. The first-order valence-corrected chi connectivity index (χ1v) is 11.1. The quantitative estimate of drug-likeness (QED) is 0.685. The van der Waals surface area contributed by atoms with Gasteiger partial charge in [0.2, 0.25) is 0 Å². The minimum Gasteiger partial charge on any atom is -0.368 e. The molecule has 1 aromatic heterocycles. The van der Waals surface area contributed by atoms with Crippen molar-refractivity contribution >= 4 is 22.5 Å². The first-order chi connectivity index (χ1) is 14.9. The second-order valence-corrected chi connectivity index (χ2v) is 9.39. The van der Waals surface area contributed by atoms with Gasteiger partial charge in [-0.15, -0.1) is 0 Å². The minimum absolute atomic E-state index is 0.0156. The van der Waals surface area contributed by atoms with E-state index in [0.717, 1.165) is 53.6 Å². The molecule has 2 heterocycles. The third kappa shape index (κ3) is 3.47. The lowest BCUT2D eigenvalue weighted by atomic mass is 9.93. The molecule has 0 spiro atoms. The number of nitrogens with zero attached hydrogens (tertiary/aromatic N) is 3. The summed E-state index contributed by atoms with van der Waals surface area (Å²) in [4.78, 5) is 22.6. The van der Waals surface area contributed by atoms with Gasteiger partial charge in [-0.3, -0.25) is 9.78 Å². The van der Waals surface area contributed by atoms with Crippen LogP contribution in [-0.2, 0) is 5.54 Å². The molecule has 2 fully saturated rings. The van der Waals surface area contributed by atoms with Gasteiger partial charge in [0.05, 0.1) is 11.1 Å². The maximum absolute atomic E-state index is 13.4. The van der Waals surface area contributed by atoms with Crippen molar-refractivity contribution in [1.29, 1.82) is 0 Å². The van der Waals surface area contributed by atoms with Gasteiger partial charge >= 0.3 is 0 Å². The van der Waals surface area contributed by atoms with E-state index in [1.807, 2.05) is 19.2 Å². The normalized spacial score (nSPS) is 17.6. The van der Waals surface area contributed by atoms with Gasteiger partial charge in [-0.25, -0.2) is 0 Å². The Balaban J connectivity index is 1.42. The lowest BCUT2D eigenvalue weighted by molar-refractivity contribution is 0.0930. The predicted octanol–water partition coefficient (Wildman–Crippen LogP) is 4.02. The largest absolute Gasteiger partial charge is 0.368 e. The molecule has 5 heteroatoms. The van der Waals surface area contributed by atoms with Crippen LogP contribution in [0.1, 0.15) is 39.9 Å². The second-order valence-electron chi connectivity index (χ2n) is 9.39. The van der Waals surface area contributed by atoms with Crippen molar-refractivity contribution in [2.75, 3.05) is 32.1 Å². The second kappa shape index (κ2) is 7.34. The summed E-state index contributed by atoms with van der Waals surface area (Å²) in [5, 5.41) is 4.55. The van der Waals surface area contributed by atoms with Gasteiger partial charge in [0.1, 0.15) is 0 Å². The Morgan fingerprint density at radius 2 is 1.84 bits per heavy atom. The molecule has 160 valence electrons. The van der Waals surface area contributed by atoms with E-state index in [4.69, 9.17) is 0 Å². The van der Waals surface area contributed by atoms with Crippen LogP contribution in [0.25, 0.3) is 10.9 Å². The summed E-state index contributed by atoms with van der Waals surface area (Å²) in [5.41, 5.74) is 6.03. The molecule has 0 atom stereocenters. The van der Waals surface area contributed by atoms with Crippen molar-refractivity contribution < 1.29 is 4.79 Å². The molecule has 1 aliphatic carbocycles. The molecular weight excluding hydrogens is 384 g/mol. The smallest absolute Gasteiger partial charge is 0.252 e. The van der Waals surface area contributed by atoms with E-state index >= 15 is 0 Å². The summed E-state index contributed by atoms with van der Waals surface area (Å²) in [5.74, 6) is 0.0156. The SMILES string of the molecule is Cc1ccc(N2CC(N(C)C)C2)cc1C(=O)NC1(c2c(C)ccc3ncccc23)CC1. The molecule has 5 nitrogen and oxygen atoms in total. The fourth-order valence-electron chi connectivity index (χ4n) is 4.79. The predicted molar refractivity (Wildman–Crippen MR) is 126 cm³/mol. The Hall–Kier alpha value is -2.92. The Morgan fingerprint density at radius 3 is 2.55 bits per heavy atom. The number of hydrogen-bond donors (Lipinski definition) is 1. The Morgan fingerprint density at radius 1 is 1.10 bits per heavy atom. The van der Waals surface area contributed by atoms with Crippen LogP contribution in [0.15, 0.2) is 48.7 Å². The maximum atomic E-state index is 13.4. The van der Waals surface area contributed by atoms with Crippen LogP contribution < -0.4 is 10.2 Å². The Bertz CT molecular complexity index is 1160. The average Bonchev–Trinajstić information content (AvgIpc) is 3.47. The number of pyridine rings is 1. The molecular formula is C26H30N4O. The highest BCUT2D eigenvalue weighted by Crippen LogP contribution is 2.49. The summed E-state index contributed by atoms with van der Waals surface area (Å²) < 4.78 is 0. The van der Waals surface area contributed by atoms with Crippen molar-refractivity contribution in [2.45, 2.75) is 38.3 Å². The molecule has 1 saturated carbocycles. The third-order valence-corrected chi connectivity index (χ3v) is 7.00. The van der Waals surface area contributed by atoms with Crippen LogP contribution in [-0.4, -0.2) is 49.0 Å². The number of rotatable bonds is 5. The molecule has 0 bridgehead atoms. The average molecular weight is 415 g/mol. The zero-order valence-electron chi connectivity index (χ0n) is 18.8. The van der Waals surface area contributed by atoms with Crippen molar-refractivity contribution in [1.82, 2.24) is 15.2 Å².